The van der Waals surface area contributed by atoms with E-state index >= 15 is 0 Å². The Hall–Kier alpha value is -6.44. The Morgan fingerprint density at radius 1 is 0.327 bits per heavy atom. The molecule has 52 heavy (non-hydrogen) atoms. The van der Waals surface area contributed by atoms with Gasteiger partial charge in [-0.05, 0) is 79.4 Å². The average molecular weight is 667 g/mol. The fourth-order valence-electron chi connectivity index (χ4n) is 8.01. The molecule has 8 aromatic carbocycles. The molecule has 1 aliphatic rings. The molecule has 1 nitrogen and oxygen atoms in total. The Balaban J connectivity index is 1.37. The van der Waals surface area contributed by atoms with Crippen molar-refractivity contribution in [2.75, 3.05) is 0 Å². The highest BCUT2D eigenvalue weighted by Crippen LogP contribution is 2.53. The first-order valence-corrected chi connectivity index (χ1v) is 18.0. The summed E-state index contributed by atoms with van der Waals surface area (Å²) < 4.78 is 6.78. The largest absolute Gasteiger partial charge is 0.456 e. The summed E-state index contributed by atoms with van der Waals surface area (Å²) in [6.45, 7) is 4.59. The normalized spacial score (nSPS) is 12.7. The molecule has 0 N–H and O–H groups in total. The van der Waals surface area contributed by atoms with Crippen LogP contribution in [0.1, 0.15) is 25.0 Å². The third kappa shape index (κ3) is 5.43. The lowest BCUT2D eigenvalue weighted by molar-refractivity contribution is 0.419. The molecule has 0 aromatic heterocycles. The van der Waals surface area contributed by atoms with Gasteiger partial charge in [0.2, 0.25) is 0 Å². The van der Waals surface area contributed by atoms with Crippen molar-refractivity contribution in [2.24, 2.45) is 0 Å². The van der Waals surface area contributed by atoms with E-state index in [1.165, 1.54) is 61.2 Å². The van der Waals surface area contributed by atoms with Crippen molar-refractivity contribution in [2.45, 2.75) is 19.3 Å². The number of hydrogen-bond donors (Lipinski definition) is 0. The molecule has 0 bridgehead atoms. The van der Waals surface area contributed by atoms with Crippen LogP contribution in [0.2, 0.25) is 0 Å². The van der Waals surface area contributed by atoms with Gasteiger partial charge in [0.15, 0.2) is 0 Å². The second-order valence-corrected chi connectivity index (χ2v) is 14.0. The Morgan fingerprint density at radius 3 is 1.35 bits per heavy atom. The van der Waals surface area contributed by atoms with Gasteiger partial charge in [0.05, 0.1) is 0 Å². The van der Waals surface area contributed by atoms with E-state index in [9.17, 15) is 0 Å². The minimum absolute atomic E-state index is 0.201. The lowest BCUT2D eigenvalue weighted by Crippen LogP contribution is -2.24. The minimum Gasteiger partial charge on any atom is -0.456 e. The summed E-state index contributed by atoms with van der Waals surface area (Å²) in [5.41, 5.74) is 16.3. The molecule has 0 amide bonds. The van der Waals surface area contributed by atoms with E-state index in [4.69, 9.17) is 4.74 Å². The molecular weight excluding hydrogens is 629 g/mol. The predicted molar refractivity (Wildman–Crippen MR) is 218 cm³/mol. The molecule has 1 aliphatic heterocycles. The molecule has 0 unspecified atom stereocenters. The smallest absolute Gasteiger partial charge is 0.139 e. The van der Waals surface area contributed by atoms with Gasteiger partial charge < -0.3 is 4.74 Å². The van der Waals surface area contributed by atoms with E-state index < -0.39 is 0 Å². The van der Waals surface area contributed by atoms with Crippen molar-refractivity contribution in [3.63, 3.8) is 0 Å². The second kappa shape index (κ2) is 13.0. The number of rotatable bonds is 6. The van der Waals surface area contributed by atoms with Crippen LogP contribution in [0.4, 0.5) is 0 Å². The molecule has 0 spiro atoms. The molecule has 0 aliphatic carbocycles. The Kier molecular flexibility index (Phi) is 7.90. The second-order valence-electron chi connectivity index (χ2n) is 14.0. The molecule has 1 heteroatoms. The zero-order valence-electron chi connectivity index (χ0n) is 29.4. The first-order chi connectivity index (χ1) is 25.6. The van der Waals surface area contributed by atoms with Crippen LogP contribution >= 0.6 is 0 Å². The fourth-order valence-corrected chi connectivity index (χ4v) is 8.01. The summed E-state index contributed by atoms with van der Waals surface area (Å²) in [4.78, 5) is 0. The van der Waals surface area contributed by atoms with Crippen molar-refractivity contribution in [1.82, 2.24) is 0 Å². The van der Waals surface area contributed by atoms with Gasteiger partial charge in [-0.3, -0.25) is 0 Å². The van der Waals surface area contributed by atoms with Crippen molar-refractivity contribution in [3.05, 3.63) is 205 Å². The van der Waals surface area contributed by atoms with Gasteiger partial charge in [0.25, 0.3) is 0 Å². The maximum atomic E-state index is 6.78. The number of ether oxygens (including phenoxy) is 1. The third-order valence-corrected chi connectivity index (χ3v) is 10.5. The van der Waals surface area contributed by atoms with Gasteiger partial charge in [-0.15, -0.1) is 0 Å². The Morgan fingerprint density at radius 2 is 0.769 bits per heavy atom. The summed E-state index contributed by atoms with van der Waals surface area (Å²) in [6, 6.07) is 69.9. The molecule has 9 rings (SSSR count). The van der Waals surface area contributed by atoms with Crippen LogP contribution in [0.3, 0.4) is 0 Å². The topological polar surface area (TPSA) is 9.23 Å². The standard InChI is InChI=1S/C51H38O/c1-51(2)44-30-15-16-32-46(44)52-50-41(29-18-31-45(50)51)39-27-17-28-40(33-39)49-47(37-23-11-5-12-24-37)42(35-19-7-3-8-20-35)34-43(36-21-9-4-10-22-36)48(49)38-25-13-6-14-26-38/h3-34H,1-2H3. The summed E-state index contributed by atoms with van der Waals surface area (Å²) in [7, 11) is 0. The van der Waals surface area contributed by atoms with Crippen LogP contribution in [-0.4, -0.2) is 0 Å². The highest BCUT2D eigenvalue weighted by Gasteiger charge is 2.35. The number of para-hydroxylation sites is 2. The van der Waals surface area contributed by atoms with Gasteiger partial charge in [0.1, 0.15) is 11.5 Å². The van der Waals surface area contributed by atoms with Crippen LogP contribution in [0.15, 0.2) is 194 Å². The van der Waals surface area contributed by atoms with E-state index in [2.05, 4.69) is 208 Å². The number of benzene rings is 8. The quantitative estimate of drug-likeness (QED) is 0.172. The van der Waals surface area contributed by atoms with Gasteiger partial charge in [0, 0.05) is 22.1 Å². The van der Waals surface area contributed by atoms with E-state index in [0.717, 1.165) is 28.2 Å². The molecule has 8 aromatic rings. The van der Waals surface area contributed by atoms with Crippen LogP contribution in [-0.2, 0) is 5.41 Å². The Labute approximate surface area is 306 Å². The third-order valence-electron chi connectivity index (χ3n) is 10.5. The molecule has 1 heterocycles. The van der Waals surface area contributed by atoms with Crippen LogP contribution < -0.4 is 4.74 Å². The monoisotopic (exact) mass is 666 g/mol. The maximum absolute atomic E-state index is 6.78. The first kappa shape index (κ1) is 31.5. The van der Waals surface area contributed by atoms with Crippen molar-refractivity contribution in [3.8, 4) is 78.3 Å². The van der Waals surface area contributed by atoms with E-state index in [1.807, 2.05) is 0 Å². The lowest BCUT2D eigenvalue weighted by atomic mass is 9.74. The van der Waals surface area contributed by atoms with Gasteiger partial charge in [-0.2, -0.15) is 0 Å². The SMILES string of the molecule is CC1(C)c2ccccc2Oc2c(-c3cccc(-c4c(-c5ccccc5)c(-c5ccccc5)cc(-c5ccccc5)c4-c4ccccc4)c3)cccc21. The molecule has 248 valence electrons. The number of hydrogen-bond acceptors (Lipinski definition) is 1. The Bertz CT molecular complexity index is 2430. The molecule has 0 saturated carbocycles. The highest BCUT2D eigenvalue weighted by molar-refractivity contribution is 6.07. The molecule has 0 atom stereocenters. The summed E-state index contributed by atoms with van der Waals surface area (Å²) in [5.74, 6) is 1.85. The minimum atomic E-state index is -0.201. The average Bonchev–Trinajstić information content (AvgIpc) is 3.21. The van der Waals surface area contributed by atoms with Crippen molar-refractivity contribution in [1.29, 1.82) is 0 Å². The van der Waals surface area contributed by atoms with E-state index in [-0.39, 0.29) is 5.41 Å². The van der Waals surface area contributed by atoms with E-state index in [1.54, 1.807) is 0 Å². The maximum Gasteiger partial charge on any atom is 0.139 e. The van der Waals surface area contributed by atoms with Crippen LogP contribution in [0.25, 0.3) is 66.8 Å². The van der Waals surface area contributed by atoms with Gasteiger partial charge in [-0.25, -0.2) is 0 Å². The number of fused-ring (bicyclic) bond motifs is 2. The van der Waals surface area contributed by atoms with Gasteiger partial charge in [-0.1, -0.05) is 190 Å². The molecule has 0 saturated heterocycles. The van der Waals surface area contributed by atoms with Crippen LogP contribution in [0, 0.1) is 0 Å². The lowest BCUT2D eigenvalue weighted by Gasteiger charge is -2.35. The predicted octanol–water partition coefficient (Wildman–Crippen LogP) is 14.1. The van der Waals surface area contributed by atoms with Crippen LogP contribution in [0.5, 0.6) is 11.5 Å². The zero-order chi connectivity index (χ0) is 35.1. The van der Waals surface area contributed by atoms with Crippen molar-refractivity contribution >= 4 is 0 Å². The summed E-state index contributed by atoms with van der Waals surface area (Å²) in [6.07, 6.45) is 0. The van der Waals surface area contributed by atoms with E-state index in [0.29, 0.717) is 0 Å². The zero-order valence-corrected chi connectivity index (χ0v) is 29.4. The van der Waals surface area contributed by atoms with Crippen molar-refractivity contribution < 1.29 is 4.74 Å². The first-order valence-electron chi connectivity index (χ1n) is 18.0. The van der Waals surface area contributed by atoms with Gasteiger partial charge >= 0.3 is 0 Å². The highest BCUT2D eigenvalue weighted by atomic mass is 16.5. The summed E-state index contributed by atoms with van der Waals surface area (Å²) >= 11 is 0. The fraction of sp³-hybridized carbons (Fsp3) is 0.0588. The molecule has 0 fully saturated rings. The summed E-state index contributed by atoms with van der Waals surface area (Å²) in [5, 5.41) is 0. The molecular formula is C51H38O. The molecule has 0 radical (unpaired) electrons.